The van der Waals surface area contributed by atoms with E-state index in [4.69, 9.17) is 5.11 Å². The van der Waals surface area contributed by atoms with E-state index >= 15 is 0 Å². The first-order valence-corrected chi connectivity index (χ1v) is 7.46. The standard InChI is InChI=1S/C12H9Br2NO2S/c13-9-5-10(18-11(9)14)12(17)15-8-3-1-7(6-16)2-4-8/h1-5,16H,6H2,(H,15,17). The van der Waals surface area contributed by atoms with E-state index < -0.39 is 0 Å². The second kappa shape index (κ2) is 5.97. The van der Waals surface area contributed by atoms with Crippen LogP contribution < -0.4 is 5.32 Å². The molecule has 0 saturated carbocycles. The molecule has 2 aromatic rings. The Balaban J connectivity index is 2.10. The van der Waals surface area contributed by atoms with Gasteiger partial charge in [-0.05, 0) is 55.6 Å². The SMILES string of the molecule is O=C(Nc1ccc(CO)cc1)c1cc(Br)c(Br)s1. The number of thiophene rings is 1. The zero-order valence-electron chi connectivity index (χ0n) is 9.11. The van der Waals surface area contributed by atoms with Crippen LogP contribution in [-0.2, 0) is 6.61 Å². The van der Waals surface area contributed by atoms with Crippen LogP contribution in [0.25, 0.3) is 0 Å². The van der Waals surface area contributed by atoms with Gasteiger partial charge >= 0.3 is 0 Å². The summed E-state index contributed by atoms with van der Waals surface area (Å²) in [7, 11) is 0. The number of rotatable bonds is 3. The van der Waals surface area contributed by atoms with Gasteiger partial charge in [-0.25, -0.2) is 0 Å². The molecule has 0 atom stereocenters. The van der Waals surface area contributed by atoms with Crippen molar-refractivity contribution in [1.82, 2.24) is 0 Å². The van der Waals surface area contributed by atoms with E-state index in [-0.39, 0.29) is 12.5 Å². The Bertz CT molecular complexity index is 546. The molecule has 1 heterocycles. The van der Waals surface area contributed by atoms with E-state index in [2.05, 4.69) is 37.2 Å². The minimum atomic E-state index is -0.150. The Hall–Kier alpha value is -0.690. The fourth-order valence-corrected chi connectivity index (χ4v) is 3.28. The van der Waals surface area contributed by atoms with Gasteiger partial charge in [-0.3, -0.25) is 4.79 Å². The highest BCUT2D eigenvalue weighted by atomic mass is 79.9. The first kappa shape index (κ1) is 13.7. The quantitative estimate of drug-likeness (QED) is 0.831. The van der Waals surface area contributed by atoms with Crippen molar-refractivity contribution in [3.63, 3.8) is 0 Å². The Morgan fingerprint density at radius 2 is 1.94 bits per heavy atom. The highest BCUT2D eigenvalue weighted by molar-refractivity contribution is 9.13. The van der Waals surface area contributed by atoms with Crippen LogP contribution in [-0.4, -0.2) is 11.0 Å². The summed E-state index contributed by atoms with van der Waals surface area (Å²) in [6, 6.07) is 8.85. The number of carbonyl (C=O) groups is 1. The molecule has 1 aromatic heterocycles. The van der Waals surface area contributed by atoms with E-state index in [0.717, 1.165) is 13.8 Å². The van der Waals surface area contributed by atoms with Crippen molar-refractivity contribution in [3.8, 4) is 0 Å². The molecule has 94 valence electrons. The van der Waals surface area contributed by atoms with Crippen LogP contribution in [0.3, 0.4) is 0 Å². The zero-order chi connectivity index (χ0) is 13.1. The molecule has 1 amide bonds. The Labute approximate surface area is 125 Å². The van der Waals surface area contributed by atoms with Crippen LogP contribution >= 0.6 is 43.2 Å². The van der Waals surface area contributed by atoms with Crippen molar-refractivity contribution in [2.75, 3.05) is 5.32 Å². The molecule has 2 rings (SSSR count). The summed E-state index contributed by atoms with van der Waals surface area (Å²) >= 11 is 8.06. The summed E-state index contributed by atoms with van der Waals surface area (Å²) in [5.41, 5.74) is 1.52. The monoisotopic (exact) mass is 389 g/mol. The number of anilines is 1. The van der Waals surface area contributed by atoms with Gasteiger partial charge in [-0.1, -0.05) is 12.1 Å². The Morgan fingerprint density at radius 1 is 1.28 bits per heavy atom. The highest BCUT2D eigenvalue weighted by Crippen LogP contribution is 2.32. The predicted octanol–water partition coefficient (Wildman–Crippen LogP) is 4.02. The van der Waals surface area contributed by atoms with E-state index in [0.29, 0.717) is 10.6 Å². The van der Waals surface area contributed by atoms with E-state index in [1.54, 1.807) is 30.3 Å². The van der Waals surface area contributed by atoms with Crippen LogP contribution in [0.2, 0.25) is 0 Å². The number of nitrogens with one attached hydrogen (secondary N) is 1. The lowest BCUT2D eigenvalue weighted by atomic mass is 10.2. The van der Waals surface area contributed by atoms with Crippen molar-refractivity contribution >= 4 is 54.8 Å². The fourth-order valence-electron chi connectivity index (χ4n) is 1.34. The molecule has 0 unspecified atom stereocenters. The smallest absolute Gasteiger partial charge is 0.265 e. The van der Waals surface area contributed by atoms with Crippen LogP contribution in [0.15, 0.2) is 38.6 Å². The van der Waals surface area contributed by atoms with Gasteiger partial charge < -0.3 is 10.4 Å². The number of amides is 1. The first-order chi connectivity index (χ1) is 8.60. The third-order valence-electron chi connectivity index (χ3n) is 2.26. The second-order valence-corrected chi connectivity index (χ2v) is 6.77. The number of hydrogen-bond acceptors (Lipinski definition) is 3. The van der Waals surface area contributed by atoms with Gasteiger partial charge in [0.1, 0.15) is 0 Å². The Kier molecular flexibility index (Phi) is 4.55. The summed E-state index contributed by atoms with van der Waals surface area (Å²) in [4.78, 5) is 12.6. The van der Waals surface area contributed by atoms with Crippen LogP contribution in [0.5, 0.6) is 0 Å². The van der Waals surface area contributed by atoms with Crippen LogP contribution in [0.1, 0.15) is 15.2 Å². The molecular weight excluding hydrogens is 382 g/mol. The van der Waals surface area contributed by atoms with Crippen molar-refractivity contribution in [2.24, 2.45) is 0 Å². The summed E-state index contributed by atoms with van der Waals surface area (Å²) in [6.07, 6.45) is 0. The minimum Gasteiger partial charge on any atom is -0.392 e. The van der Waals surface area contributed by atoms with Gasteiger partial charge in [0.15, 0.2) is 0 Å². The molecule has 0 aliphatic carbocycles. The summed E-state index contributed by atoms with van der Waals surface area (Å²) < 4.78 is 1.76. The third-order valence-corrected chi connectivity index (χ3v) is 5.52. The molecular formula is C12H9Br2NO2S. The maximum atomic E-state index is 11.9. The topological polar surface area (TPSA) is 49.3 Å². The molecule has 0 spiro atoms. The minimum absolute atomic E-state index is 0.000948. The largest absolute Gasteiger partial charge is 0.392 e. The second-order valence-electron chi connectivity index (χ2n) is 3.54. The maximum Gasteiger partial charge on any atom is 0.265 e. The van der Waals surface area contributed by atoms with Crippen LogP contribution in [0.4, 0.5) is 5.69 Å². The molecule has 0 radical (unpaired) electrons. The molecule has 0 saturated heterocycles. The normalized spacial score (nSPS) is 10.4. The first-order valence-electron chi connectivity index (χ1n) is 5.06. The van der Waals surface area contributed by atoms with Crippen molar-refractivity contribution in [3.05, 3.63) is 49.0 Å². The molecule has 0 aliphatic heterocycles. The van der Waals surface area contributed by atoms with Gasteiger partial charge in [0.05, 0.1) is 15.3 Å². The van der Waals surface area contributed by atoms with Crippen molar-refractivity contribution in [2.45, 2.75) is 6.61 Å². The number of carbonyl (C=O) groups excluding carboxylic acids is 1. The summed E-state index contributed by atoms with van der Waals surface area (Å²) in [5.74, 6) is -0.150. The van der Waals surface area contributed by atoms with E-state index in [1.165, 1.54) is 11.3 Å². The molecule has 0 bridgehead atoms. The number of halogens is 2. The molecule has 0 aliphatic rings. The lowest BCUT2D eigenvalue weighted by Crippen LogP contribution is -2.09. The van der Waals surface area contributed by atoms with E-state index in [9.17, 15) is 4.79 Å². The average Bonchev–Trinajstić information content (AvgIpc) is 2.71. The summed E-state index contributed by atoms with van der Waals surface area (Å²) in [6.45, 7) is -0.000948. The summed E-state index contributed by atoms with van der Waals surface area (Å²) in [5, 5.41) is 11.7. The number of aliphatic hydroxyl groups excluding tert-OH is 1. The van der Waals surface area contributed by atoms with Gasteiger partial charge in [0, 0.05) is 10.2 Å². The average molecular weight is 391 g/mol. The molecule has 6 heteroatoms. The molecule has 0 fully saturated rings. The lowest BCUT2D eigenvalue weighted by Gasteiger charge is -2.04. The van der Waals surface area contributed by atoms with Crippen molar-refractivity contribution < 1.29 is 9.90 Å². The van der Waals surface area contributed by atoms with Gasteiger partial charge in [-0.2, -0.15) is 0 Å². The van der Waals surface area contributed by atoms with Gasteiger partial charge in [-0.15, -0.1) is 11.3 Å². The fraction of sp³-hybridized carbons (Fsp3) is 0.0833. The maximum absolute atomic E-state index is 11.9. The highest BCUT2D eigenvalue weighted by Gasteiger charge is 2.12. The Morgan fingerprint density at radius 3 is 2.44 bits per heavy atom. The third kappa shape index (κ3) is 3.20. The van der Waals surface area contributed by atoms with Crippen LogP contribution in [0, 0.1) is 0 Å². The lowest BCUT2D eigenvalue weighted by molar-refractivity contribution is 0.103. The molecule has 1 aromatic carbocycles. The van der Waals surface area contributed by atoms with Crippen molar-refractivity contribution in [1.29, 1.82) is 0 Å². The zero-order valence-corrected chi connectivity index (χ0v) is 13.1. The number of hydrogen-bond donors (Lipinski definition) is 2. The predicted molar refractivity (Wildman–Crippen MR) is 80.0 cm³/mol. The molecule has 2 N–H and O–H groups in total. The van der Waals surface area contributed by atoms with Gasteiger partial charge in [0.25, 0.3) is 5.91 Å². The number of aliphatic hydroxyl groups is 1. The van der Waals surface area contributed by atoms with E-state index in [1.807, 2.05) is 0 Å². The van der Waals surface area contributed by atoms with Gasteiger partial charge in [0.2, 0.25) is 0 Å². The molecule has 3 nitrogen and oxygen atoms in total. The molecule has 18 heavy (non-hydrogen) atoms. The number of benzene rings is 1.